The normalized spacial score (nSPS) is 10.7. The first-order chi connectivity index (χ1) is 14.0. The first kappa shape index (κ1) is 18.6. The molecule has 1 aromatic heterocycles. The summed E-state index contributed by atoms with van der Waals surface area (Å²) in [5.41, 5.74) is 4.24. The Kier molecular flexibility index (Phi) is 4.91. The number of hydrogen-bond donors (Lipinski definition) is 1. The Labute approximate surface area is 167 Å². The molecule has 0 unspecified atom stereocenters. The molecule has 0 aliphatic carbocycles. The fourth-order valence-corrected chi connectivity index (χ4v) is 2.97. The van der Waals surface area contributed by atoms with Crippen LogP contribution in [-0.2, 0) is 0 Å². The number of aromatic nitrogens is 3. The standard InChI is InChI=1S/C23H19FN4O/c1-15-6-8-17(9-7-15)22-26-21(23(29)25-19-5-3-4-16(2)14-19)27-28(22)20-12-10-18(24)11-13-20/h3-14H,1-2H3,(H,25,29). The maximum absolute atomic E-state index is 13.4. The van der Waals surface area contributed by atoms with E-state index in [1.165, 1.54) is 12.1 Å². The van der Waals surface area contributed by atoms with Crippen molar-refractivity contribution in [3.05, 3.63) is 95.6 Å². The van der Waals surface area contributed by atoms with Crippen LogP contribution < -0.4 is 5.32 Å². The third kappa shape index (κ3) is 4.06. The lowest BCUT2D eigenvalue weighted by atomic mass is 10.1. The van der Waals surface area contributed by atoms with Crippen molar-refractivity contribution >= 4 is 11.6 Å². The maximum atomic E-state index is 13.4. The zero-order valence-corrected chi connectivity index (χ0v) is 16.1. The number of halogens is 1. The summed E-state index contributed by atoms with van der Waals surface area (Å²) in [6.45, 7) is 3.95. The van der Waals surface area contributed by atoms with Crippen molar-refractivity contribution in [2.24, 2.45) is 0 Å². The molecule has 4 aromatic rings. The lowest BCUT2D eigenvalue weighted by Gasteiger charge is -2.06. The molecule has 0 spiro atoms. The van der Waals surface area contributed by atoms with E-state index in [0.29, 0.717) is 17.2 Å². The summed E-state index contributed by atoms with van der Waals surface area (Å²) in [5.74, 6) is -0.217. The maximum Gasteiger partial charge on any atom is 0.295 e. The number of nitrogens with one attached hydrogen (secondary N) is 1. The third-order valence-corrected chi connectivity index (χ3v) is 4.47. The molecule has 0 saturated heterocycles. The summed E-state index contributed by atoms with van der Waals surface area (Å²) in [5, 5.41) is 7.22. The van der Waals surface area contributed by atoms with Crippen molar-refractivity contribution in [2.75, 3.05) is 5.32 Å². The highest BCUT2D eigenvalue weighted by molar-refractivity contribution is 6.01. The number of anilines is 1. The van der Waals surface area contributed by atoms with Gasteiger partial charge in [0.25, 0.3) is 5.91 Å². The molecule has 1 amide bonds. The van der Waals surface area contributed by atoms with Gasteiger partial charge >= 0.3 is 0 Å². The van der Waals surface area contributed by atoms with Gasteiger partial charge in [-0.3, -0.25) is 4.79 Å². The molecule has 0 saturated carbocycles. The molecule has 1 N–H and O–H groups in total. The van der Waals surface area contributed by atoms with E-state index >= 15 is 0 Å². The van der Waals surface area contributed by atoms with E-state index in [1.54, 1.807) is 16.8 Å². The molecule has 6 heteroatoms. The molecule has 0 fully saturated rings. The van der Waals surface area contributed by atoms with Gasteiger partial charge in [-0.15, -0.1) is 5.10 Å². The van der Waals surface area contributed by atoms with E-state index in [-0.39, 0.29) is 11.6 Å². The van der Waals surface area contributed by atoms with Crippen molar-refractivity contribution in [2.45, 2.75) is 13.8 Å². The largest absolute Gasteiger partial charge is 0.319 e. The second-order valence-corrected chi connectivity index (χ2v) is 6.84. The van der Waals surface area contributed by atoms with Crippen molar-refractivity contribution in [3.63, 3.8) is 0 Å². The number of aryl methyl sites for hydroxylation is 2. The summed E-state index contributed by atoms with van der Waals surface area (Å²) in [6, 6.07) is 21.2. The lowest BCUT2D eigenvalue weighted by Crippen LogP contribution is -2.14. The third-order valence-electron chi connectivity index (χ3n) is 4.47. The minimum atomic E-state index is -0.412. The number of amides is 1. The molecule has 0 atom stereocenters. The highest BCUT2D eigenvalue weighted by atomic mass is 19.1. The molecule has 29 heavy (non-hydrogen) atoms. The smallest absolute Gasteiger partial charge is 0.295 e. The number of rotatable bonds is 4. The molecule has 144 valence electrons. The average Bonchev–Trinajstić information content (AvgIpc) is 3.15. The molecule has 0 aliphatic rings. The Morgan fingerprint density at radius 1 is 0.931 bits per heavy atom. The Hall–Kier alpha value is -3.80. The summed E-state index contributed by atoms with van der Waals surface area (Å²) >= 11 is 0. The van der Waals surface area contributed by atoms with Crippen LogP contribution in [0.1, 0.15) is 21.7 Å². The monoisotopic (exact) mass is 386 g/mol. The van der Waals surface area contributed by atoms with Gasteiger partial charge in [-0.25, -0.2) is 14.1 Å². The molecule has 4 rings (SSSR count). The van der Waals surface area contributed by atoms with Crippen LogP contribution in [0, 0.1) is 19.7 Å². The first-order valence-electron chi connectivity index (χ1n) is 9.18. The Balaban J connectivity index is 1.75. The highest BCUT2D eigenvalue weighted by Crippen LogP contribution is 2.22. The summed E-state index contributed by atoms with van der Waals surface area (Å²) in [4.78, 5) is 17.2. The quantitative estimate of drug-likeness (QED) is 0.540. The van der Waals surface area contributed by atoms with Gasteiger partial charge in [0.2, 0.25) is 5.82 Å². The van der Waals surface area contributed by atoms with Gasteiger partial charge in [-0.2, -0.15) is 0 Å². The van der Waals surface area contributed by atoms with Crippen LogP contribution in [-0.4, -0.2) is 20.7 Å². The predicted molar refractivity (Wildman–Crippen MR) is 111 cm³/mol. The van der Waals surface area contributed by atoms with Crippen LogP contribution in [0.15, 0.2) is 72.8 Å². The first-order valence-corrected chi connectivity index (χ1v) is 9.18. The second kappa shape index (κ2) is 7.67. The van der Waals surface area contributed by atoms with Gasteiger partial charge in [0, 0.05) is 11.3 Å². The molecule has 0 radical (unpaired) electrons. The highest BCUT2D eigenvalue weighted by Gasteiger charge is 2.19. The molecule has 0 bridgehead atoms. The molecule has 3 aromatic carbocycles. The van der Waals surface area contributed by atoms with Crippen LogP contribution in [0.2, 0.25) is 0 Å². The molecular formula is C23H19FN4O. The minimum absolute atomic E-state index is 0.0337. The van der Waals surface area contributed by atoms with Gasteiger partial charge in [-0.1, -0.05) is 42.0 Å². The van der Waals surface area contributed by atoms with E-state index in [0.717, 1.165) is 16.7 Å². The minimum Gasteiger partial charge on any atom is -0.319 e. The number of carbonyl (C=O) groups is 1. The van der Waals surface area contributed by atoms with Crippen LogP contribution >= 0.6 is 0 Å². The SMILES string of the molecule is Cc1ccc(-c2nc(C(=O)Nc3cccc(C)c3)nn2-c2ccc(F)cc2)cc1. The molecular weight excluding hydrogens is 367 g/mol. The summed E-state index contributed by atoms with van der Waals surface area (Å²) < 4.78 is 14.9. The van der Waals surface area contributed by atoms with Crippen molar-refractivity contribution in [3.8, 4) is 17.1 Å². The zero-order valence-electron chi connectivity index (χ0n) is 16.1. The van der Waals surface area contributed by atoms with Crippen molar-refractivity contribution in [1.82, 2.24) is 14.8 Å². The predicted octanol–water partition coefficient (Wildman–Crippen LogP) is 4.94. The van der Waals surface area contributed by atoms with Crippen molar-refractivity contribution < 1.29 is 9.18 Å². The second-order valence-electron chi connectivity index (χ2n) is 6.84. The topological polar surface area (TPSA) is 59.8 Å². The van der Waals surface area contributed by atoms with Gasteiger partial charge < -0.3 is 5.32 Å². The fourth-order valence-electron chi connectivity index (χ4n) is 2.97. The van der Waals surface area contributed by atoms with Gasteiger partial charge in [0.05, 0.1) is 5.69 Å². The van der Waals surface area contributed by atoms with Gasteiger partial charge in [0.15, 0.2) is 5.82 Å². The van der Waals surface area contributed by atoms with Crippen LogP contribution in [0.4, 0.5) is 10.1 Å². The lowest BCUT2D eigenvalue weighted by molar-refractivity contribution is 0.101. The molecule has 0 aliphatic heterocycles. The Morgan fingerprint density at radius 3 is 2.34 bits per heavy atom. The van der Waals surface area contributed by atoms with Gasteiger partial charge in [0.1, 0.15) is 5.82 Å². The van der Waals surface area contributed by atoms with Crippen LogP contribution in [0.5, 0.6) is 0 Å². The van der Waals surface area contributed by atoms with Gasteiger partial charge in [-0.05, 0) is 55.8 Å². The van der Waals surface area contributed by atoms with E-state index in [1.807, 2.05) is 62.4 Å². The van der Waals surface area contributed by atoms with Crippen LogP contribution in [0.25, 0.3) is 17.1 Å². The summed E-state index contributed by atoms with van der Waals surface area (Å²) in [7, 11) is 0. The Morgan fingerprint density at radius 2 is 1.66 bits per heavy atom. The number of nitrogens with zero attached hydrogens (tertiary/aromatic N) is 3. The summed E-state index contributed by atoms with van der Waals surface area (Å²) in [6.07, 6.45) is 0. The molecule has 5 nitrogen and oxygen atoms in total. The van der Waals surface area contributed by atoms with E-state index in [2.05, 4.69) is 15.4 Å². The number of carbonyl (C=O) groups excluding carboxylic acids is 1. The van der Waals surface area contributed by atoms with E-state index < -0.39 is 5.91 Å². The zero-order chi connectivity index (χ0) is 20.4. The average molecular weight is 386 g/mol. The number of hydrogen-bond acceptors (Lipinski definition) is 3. The van der Waals surface area contributed by atoms with Crippen LogP contribution in [0.3, 0.4) is 0 Å². The van der Waals surface area contributed by atoms with E-state index in [4.69, 9.17) is 0 Å². The fraction of sp³-hybridized carbons (Fsp3) is 0.0870. The number of benzene rings is 3. The Bertz CT molecular complexity index is 1100. The molecule has 1 heterocycles. The van der Waals surface area contributed by atoms with Crippen molar-refractivity contribution in [1.29, 1.82) is 0 Å². The van der Waals surface area contributed by atoms with E-state index in [9.17, 15) is 9.18 Å².